The number of halogens is 2. The van der Waals surface area contributed by atoms with Crippen LogP contribution in [0.1, 0.15) is 24.4 Å². The highest BCUT2D eigenvalue weighted by Crippen LogP contribution is 2.39. The quantitative estimate of drug-likeness (QED) is 0.259. The number of aliphatic hydroxyl groups excluding tert-OH is 2. The first kappa shape index (κ1) is 24.0. The molecule has 0 saturated heterocycles. The van der Waals surface area contributed by atoms with Crippen molar-refractivity contribution in [1.29, 1.82) is 0 Å². The first-order valence-corrected chi connectivity index (χ1v) is 12.0. The molecule has 2 heterocycles. The van der Waals surface area contributed by atoms with E-state index in [1.807, 2.05) is 22.9 Å². The summed E-state index contributed by atoms with van der Waals surface area (Å²) in [5.41, 5.74) is 7.74. The van der Waals surface area contributed by atoms with E-state index in [0.29, 0.717) is 29.8 Å². The van der Waals surface area contributed by atoms with E-state index in [1.54, 1.807) is 0 Å². The average Bonchev–Trinajstić information content (AvgIpc) is 3.28. The number of nitrogen functional groups attached to an aromatic ring is 1. The fraction of sp³-hybridized carbons (Fsp3) is 0.478. The van der Waals surface area contributed by atoms with Crippen LogP contribution in [0, 0.1) is 11.7 Å². The first-order chi connectivity index (χ1) is 16.0. The molecule has 1 saturated carbocycles. The lowest BCUT2D eigenvalue weighted by Gasteiger charge is -2.19. The van der Waals surface area contributed by atoms with Crippen molar-refractivity contribution in [2.45, 2.75) is 37.5 Å². The van der Waals surface area contributed by atoms with Crippen molar-refractivity contribution >= 4 is 32.8 Å². The molecule has 10 heteroatoms. The van der Waals surface area contributed by atoms with Crippen molar-refractivity contribution in [3.8, 4) is 0 Å². The highest BCUT2D eigenvalue weighted by Gasteiger charge is 2.42. The number of rotatable bonds is 10. The molecule has 33 heavy (non-hydrogen) atoms. The summed E-state index contributed by atoms with van der Waals surface area (Å²) < 4.78 is 15.6. The zero-order chi connectivity index (χ0) is 23.4. The van der Waals surface area contributed by atoms with Gasteiger partial charge in [0.05, 0.1) is 17.5 Å². The second-order valence-electron chi connectivity index (χ2n) is 8.57. The van der Waals surface area contributed by atoms with E-state index in [-0.39, 0.29) is 17.8 Å². The van der Waals surface area contributed by atoms with Crippen molar-refractivity contribution in [3.63, 3.8) is 0 Å². The molecule has 8 nitrogen and oxygen atoms in total. The number of hydrogen-bond donors (Lipinski definition) is 5. The molecule has 0 unspecified atom stereocenters. The standard InChI is InChI=1S/C23H30BrFN6O2/c24-17-12-31(23-19(17)22(26)29-13-30-23)18-10-15(20(32)21(18)33)11-28-8-1-7-27-9-6-14-2-4-16(25)5-3-14/h2-5,12-13,15,18,20-21,27-28,32-33H,1,6-11H2,(H2,26,29,30)/t15-,18-,20-,21+/m1/s1. The van der Waals surface area contributed by atoms with Gasteiger partial charge in [-0.3, -0.25) is 0 Å². The summed E-state index contributed by atoms with van der Waals surface area (Å²) >= 11 is 3.50. The second-order valence-corrected chi connectivity index (χ2v) is 9.42. The van der Waals surface area contributed by atoms with Crippen LogP contribution >= 0.6 is 15.9 Å². The number of nitrogens with two attached hydrogens (primary N) is 1. The van der Waals surface area contributed by atoms with Crippen LogP contribution in [0.4, 0.5) is 10.2 Å². The number of benzene rings is 1. The number of aliphatic hydroxyl groups is 2. The van der Waals surface area contributed by atoms with Crippen molar-refractivity contribution in [3.05, 3.63) is 52.6 Å². The van der Waals surface area contributed by atoms with E-state index < -0.39 is 12.2 Å². The topological polar surface area (TPSA) is 121 Å². The summed E-state index contributed by atoms with van der Waals surface area (Å²) in [6.45, 7) is 3.16. The molecule has 4 atom stereocenters. The number of fused-ring (bicyclic) bond motifs is 1. The predicted molar refractivity (Wildman–Crippen MR) is 129 cm³/mol. The largest absolute Gasteiger partial charge is 0.390 e. The van der Waals surface area contributed by atoms with Crippen molar-refractivity contribution in [1.82, 2.24) is 25.2 Å². The summed E-state index contributed by atoms with van der Waals surface area (Å²) in [6.07, 6.45) is 4.00. The molecule has 3 aromatic rings. The molecule has 6 N–H and O–H groups in total. The summed E-state index contributed by atoms with van der Waals surface area (Å²) in [5.74, 6) is 0.104. The maximum absolute atomic E-state index is 12.9. The molecule has 0 aliphatic heterocycles. The highest BCUT2D eigenvalue weighted by atomic mass is 79.9. The van der Waals surface area contributed by atoms with Crippen molar-refractivity contribution in [2.75, 3.05) is 31.9 Å². The maximum Gasteiger partial charge on any atom is 0.146 e. The summed E-state index contributed by atoms with van der Waals surface area (Å²) in [5, 5.41) is 28.8. The van der Waals surface area contributed by atoms with E-state index in [0.717, 1.165) is 42.5 Å². The van der Waals surface area contributed by atoms with Gasteiger partial charge in [-0.15, -0.1) is 0 Å². The zero-order valence-electron chi connectivity index (χ0n) is 18.3. The minimum Gasteiger partial charge on any atom is -0.390 e. The van der Waals surface area contributed by atoms with Gasteiger partial charge in [-0.2, -0.15) is 0 Å². The van der Waals surface area contributed by atoms with Gasteiger partial charge in [-0.25, -0.2) is 14.4 Å². The van der Waals surface area contributed by atoms with Gasteiger partial charge in [0.1, 0.15) is 29.7 Å². The van der Waals surface area contributed by atoms with Crippen LogP contribution in [-0.2, 0) is 6.42 Å². The Morgan fingerprint density at radius 1 is 1.09 bits per heavy atom. The van der Waals surface area contributed by atoms with Crippen LogP contribution in [-0.4, -0.2) is 63.1 Å². The summed E-state index contributed by atoms with van der Waals surface area (Å²) in [4.78, 5) is 8.37. The minimum atomic E-state index is -0.886. The Morgan fingerprint density at radius 3 is 2.64 bits per heavy atom. The Kier molecular flexibility index (Phi) is 7.92. The number of hydrogen-bond acceptors (Lipinski definition) is 7. The van der Waals surface area contributed by atoms with Crippen LogP contribution < -0.4 is 16.4 Å². The molecule has 1 aromatic carbocycles. The van der Waals surface area contributed by atoms with Gasteiger partial charge in [0.25, 0.3) is 0 Å². The summed E-state index contributed by atoms with van der Waals surface area (Å²) in [7, 11) is 0. The zero-order valence-corrected chi connectivity index (χ0v) is 19.9. The van der Waals surface area contributed by atoms with E-state index in [9.17, 15) is 14.6 Å². The fourth-order valence-corrected chi connectivity index (χ4v) is 5.13. The molecule has 1 aliphatic carbocycles. The third-order valence-corrected chi connectivity index (χ3v) is 6.94. The third kappa shape index (κ3) is 5.52. The first-order valence-electron chi connectivity index (χ1n) is 11.2. The van der Waals surface area contributed by atoms with Gasteiger partial charge >= 0.3 is 0 Å². The molecular formula is C23H30BrFN6O2. The van der Waals surface area contributed by atoms with Gasteiger partial charge in [-0.05, 0) is 72.5 Å². The van der Waals surface area contributed by atoms with Gasteiger partial charge in [0.2, 0.25) is 0 Å². The number of nitrogens with zero attached hydrogens (tertiary/aromatic N) is 3. The molecule has 2 aromatic heterocycles. The number of anilines is 1. The van der Waals surface area contributed by atoms with Gasteiger partial charge in [-0.1, -0.05) is 12.1 Å². The minimum absolute atomic E-state index is 0.0631. The molecule has 1 fully saturated rings. The van der Waals surface area contributed by atoms with E-state index in [4.69, 9.17) is 5.73 Å². The predicted octanol–water partition coefficient (Wildman–Crippen LogP) is 2.01. The lowest BCUT2D eigenvalue weighted by atomic mass is 10.1. The Bertz CT molecular complexity index is 1060. The van der Waals surface area contributed by atoms with E-state index >= 15 is 0 Å². The highest BCUT2D eigenvalue weighted by molar-refractivity contribution is 9.10. The molecular weight excluding hydrogens is 491 g/mol. The lowest BCUT2D eigenvalue weighted by molar-refractivity contribution is 0.00693. The van der Waals surface area contributed by atoms with Gasteiger partial charge < -0.3 is 31.1 Å². The maximum atomic E-state index is 12.9. The molecule has 1 aliphatic rings. The lowest BCUT2D eigenvalue weighted by Crippen LogP contribution is -2.34. The molecule has 0 spiro atoms. The molecule has 4 rings (SSSR count). The van der Waals surface area contributed by atoms with Crippen LogP contribution in [0.25, 0.3) is 11.0 Å². The van der Waals surface area contributed by atoms with Crippen LogP contribution in [0.5, 0.6) is 0 Å². The fourth-order valence-electron chi connectivity index (χ4n) is 4.53. The monoisotopic (exact) mass is 520 g/mol. The molecule has 0 bridgehead atoms. The SMILES string of the molecule is Nc1ncnc2c1c(Br)cn2[C@@H]1C[C@H](CNCCCNCCc2ccc(F)cc2)[C@@H](O)[C@H]1O. The van der Waals surface area contributed by atoms with Gasteiger partial charge in [0.15, 0.2) is 0 Å². The summed E-state index contributed by atoms with van der Waals surface area (Å²) in [6, 6.07) is 6.30. The van der Waals surface area contributed by atoms with Crippen molar-refractivity contribution in [2.24, 2.45) is 5.92 Å². The smallest absolute Gasteiger partial charge is 0.146 e. The Balaban J connectivity index is 1.20. The molecule has 178 valence electrons. The Morgan fingerprint density at radius 2 is 1.85 bits per heavy atom. The van der Waals surface area contributed by atoms with Crippen LogP contribution in [0.15, 0.2) is 41.3 Å². The molecule has 0 radical (unpaired) electrons. The van der Waals surface area contributed by atoms with Crippen LogP contribution in [0.3, 0.4) is 0 Å². The van der Waals surface area contributed by atoms with E-state index in [2.05, 4.69) is 36.5 Å². The third-order valence-electron chi connectivity index (χ3n) is 6.34. The second kappa shape index (κ2) is 10.9. The average molecular weight is 521 g/mol. The van der Waals surface area contributed by atoms with Gasteiger partial charge in [0, 0.05) is 23.1 Å². The molecule has 0 amide bonds. The Hall–Kier alpha value is -2.11. The van der Waals surface area contributed by atoms with Crippen LogP contribution in [0.2, 0.25) is 0 Å². The number of aromatic nitrogens is 3. The van der Waals surface area contributed by atoms with Crippen molar-refractivity contribution < 1.29 is 14.6 Å². The Labute approximate surface area is 200 Å². The van der Waals surface area contributed by atoms with E-state index in [1.165, 1.54) is 18.5 Å². The normalized spacial score (nSPS) is 22.9. The number of nitrogens with one attached hydrogen (secondary N) is 2.